The molecule has 2 rings (SSSR count). The maximum atomic E-state index is 10.8. The molecule has 0 unspecified atom stereocenters. The third-order valence-corrected chi connectivity index (χ3v) is 3.28. The van der Waals surface area contributed by atoms with Crippen LogP contribution in [0.2, 0.25) is 0 Å². The first-order valence-electron chi connectivity index (χ1n) is 6.05. The van der Waals surface area contributed by atoms with E-state index in [4.69, 9.17) is 14.7 Å². The molecule has 1 heterocycles. The fourth-order valence-electron chi connectivity index (χ4n) is 2.41. The SMILES string of the molecule is CC1(C)Oc2ccc(C#N)cc2[C@H](NC=O)[C@H]1OC=O. The average Bonchev–Trinajstić information content (AvgIpc) is 2.42. The number of ether oxygens (including phenoxy) is 2. The number of carbonyl (C=O) groups excluding carboxylic acids is 2. The predicted octanol–water partition coefficient (Wildman–Crippen LogP) is 1.06. The van der Waals surface area contributed by atoms with E-state index in [1.807, 2.05) is 6.07 Å². The van der Waals surface area contributed by atoms with Crippen molar-refractivity contribution in [2.75, 3.05) is 0 Å². The highest BCUT2D eigenvalue weighted by Gasteiger charge is 2.45. The highest BCUT2D eigenvalue weighted by Crippen LogP contribution is 2.41. The Hall–Kier alpha value is -2.55. The second-order valence-electron chi connectivity index (χ2n) is 4.99. The van der Waals surface area contributed by atoms with Gasteiger partial charge in [-0.05, 0) is 32.0 Å². The lowest BCUT2D eigenvalue weighted by Crippen LogP contribution is -2.53. The first kappa shape index (κ1) is 13.9. The summed E-state index contributed by atoms with van der Waals surface area (Å²) < 4.78 is 10.9. The number of fused-ring (bicyclic) bond motifs is 1. The number of nitrogens with zero attached hydrogens (tertiary/aromatic N) is 1. The molecule has 0 bridgehead atoms. The molecule has 1 amide bonds. The zero-order chi connectivity index (χ0) is 14.8. The van der Waals surface area contributed by atoms with Crippen LogP contribution >= 0.6 is 0 Å². The van der Waals surface area contributed by atoms with Gasteiger partial charge in [0.25, 0.3) is 6.47 Å². The van der Waals surface area contributed by atoms with E-state index in [9.17, 15) is 9.59 Å². The minimum absolute atomic E-state index is 0.328. The van der Waals surface area contributed by atoms with Crippen LogP contribution in [-0.2, 0) is 14.3 Å². The van der Waals surface area contributed by atoms with Crippen molar-refractivity contribution in [3.8, 4) is 11.8 Å². The molecule has 0 fully saturated rings. The fraction of sp³-hybridized carbons (Fsp3) is 0.357. The fourth-order valence-corrected chi connectivity index (χ4v) is 2.41. The topological polar surface area (TPSA) is 88.4 Å². The number of nitrogens with one attached hydrogen (secondary N) is 1. The largest absolute Gasteiger partial charge is 0.484 e. The molecular weight excluding hydrogens is 260 g/mol. The van der Waals surface area contributed by atoms with Gasteiger partial charge in [-0.2, -0.15) is 5.26 Å². The molecule has 1 aliphatic rings. The van der Waals surface area contributed by atoms with Crippen molar-refractivity contribution in [2.45, 2.75) is 31.6 Å². The molecule has 1 aliphatic heterocycles. The van der Waals surface area contributed by atoms with E-state index in [0.29, 0.717) is 29.8 Å². The number of nitriles is 1. The standard InChI is InChI=1S/C14H14N2O4/c1-14(2)13(19-8-18)12(16-7-17)10-5-9(6-15)3-4-11(10)20-14/h3-5,7-8,12-13H,1-2H3,(H,16,17)/t12-,13+/m0/s1. The number of carbonyl (C=O) groups is 2. The summed E-state index contributed by atoms with van der Waals surface area (Å²) in [5.41, 5.74) is 0.250. The van der Waals surface area contributed by atoms with E-state index in [1.54, 1.807) is 32.0 Å². The van der Waals surface area contributed by atoms with Crippen LogP contribution in [0, 0.1) is 11.3 Å². The van der Waals surface area contributed by atoms with E-state index in [2.05, 4.69) is 5.32 Å². The van der Waals surface area contributed by atoms with Gasteiger partial charge in [0, 0.05) is 5.56 Å². The minimum atomic E-state index is -0.803. The average molecular weight is 274 g/mol. The predicted molar refractivity (Wildman–Crippen MR) is 68.7 cm³/mol. The van der Waals surface area contributed by atoms with E-state index < -0.39 is 17.7 Å². The molecule has 1 aromatic rings. The summed E-state index contributed by atoms with van der Waals surface area (Å²) in [6.45, 7) is 3.86. The molecule has 6 heteroatoms. The lowest BCUT2D eigenvalue weighted by Gasteiger charge is -2.43. The van der Waals surface area contributed by atoms with Gasteiger partial charge in [0.1, 0.15) is 11.4 Å². The zero-order valence-corrected chi connectivity index (χ0v) is 11.1. The van der Waals surface area contributed by atoms with Crippen molar-refractivity contribution in [3.05, 3.63) is 29.3 Å². The first-order valence-corrected chi connectivity index (χ1v) is 6.05. The van der Waals surface area contributed by atoms with Crippen molar-refractivity contribution in [2.24, 2.45) is 0 Å². The van der Waals surface area contributed by atoms with Gasteiger partial charge in [0.2, 0.25) is 6.41 Å². The van der Waals surface area contributed by atoms with Gasteiger partial charge in [-0.3, -0.25) is 9.59 Å². The number of hydrogen-bond acceptors (Lipinski definition) is 5. The minimum Gasteiger partial charge on any atom is -0.484 e. The summed E-state index contributed by atoms with van der Waals surface area (Å²) in [6.07, 6.45) is -0.151. The Morgan fingerprint density at radius 2 is 2.20 bits per heavy atom. The quantitative estimate of drug-likeness (QED) is 0.829. The zero-order valence-electron chi connectivity index (χ0n) is 11.1. The molecule has 104 valence electrons. The second kappa shape index (κ2) is 5.21. The lowest BCUT2D eigenvalue weighted by atomic mass is 9.86. The van der Waals surface area contributed by atoms with Crippen LogP contribution < -0.4 is 10.1 Å². The van der Waals surface area contributed by atoms with Gasteiger partial charge >= 0.3 is 0 Å². The Labute approximate surface area is 116 Å². The normalized spacial score (nSPS) is 22.6. The van der Waals surface area contributed by atoms with Crippen molar-refractivity contribution in [1.29, 1.82) is 5.26 Å². The Bertz CT molecular complexity index is 577. The Balaban J connectivity index is 2.54. The molecule has 2 atom stereocenters. The van der Waals surface area contributed by atoms with Crippen molar-refractivity contribution in [1.82, 2.24) is 5.32 Å². The van der Waals surface area contributed by atoms with E-state index in [-0.39, 0.29) is 0 Å². The molecule has 6 nitrogen and oxygen atoms in total. The third kappa shape index (κ3) is 2.30. The smallest absolute Gasteiger partial charge is 0.293 e. The van der Waals surface area contributed by atoms with Crippen LogP contribution in [0.4, 0.5) is 0 Å². The third-order valence-electron chi connectivity index (χ3n) is 3.28. The molecule has 0 radical (unpaired) electrons. The molecule has 1 aromatic carbocycles. The Morgan fingerprint density at radius 3 is 2.80 bits per heavy atom. The maximum Gasteiger partial charge on any atom is 0.293 e. The molecule has 0 aliphatic carbocycles. The summed E-state index contributed by atoms with van der Waals surface area (Å²) in [7, 11) is 0. The summed E-state index contributed by atoms with van der Waals surface area (Å²) >= 11 is 0. The van der Waals surface area contributed by atoms with E-state index in [1.165, 1.54) is 0 Å². The second-order valence-corrected chi connectivity index (χ2v) is 4.99. The molecule has 0 saturated heterocycles. The van der Waals surface area contributed by atoms with Crippen molar-refractivity contribution < 1.29 is 19.1 Å². The van der Waals surface area contributed by atoms with Gasteiger partial charge < -0.3 is 14.8 Å². The lowest BCUT2D eigenvalue weighted by molar-refractivity contribution is -0.151. The van der Waals surface area contributed by atoms with Gasteiger partial charge in [-0.1, -0.05) is 0 Å². The molecular formula is C14H14N2O4. The number of benzene rings is 1. The van der Waals surface area contributed by atoms with Crippen LogP contribution in [-0.4, -0.2) is 24.6 Å². The Morgan fingerprint density at radius 1 is 1.45 bits per heavy atom. The van der Waals surface area contributed by atoms with Gasteiger partial charge in [-0.25, -0.2) is 0 Å². The molecule has 20 heavy (non-hydrogen) atoms. The summed E-state index contributed by atoms with van der Waals surface area (Å²) in [5.74, 6) is 0.555. The van der Waals surface area contributed by atoms with Crippen LogP contribution in [0.3, 0.4) is 0 Å². The summed E-state index contributed by atoms with van der Waals surface area (Å²) in [4.78, 5) is 21.5. The van der Waals surface area contributed by atoms with E-state index >= 15 is 0 Å². The maximum absolute atomic E-state index is 10.8. The highest BCUT2D eigenvalue weighted by molar-refractivity contribution is 5.53. The molecule has 0 saturated carbocycles. The molecule has 0 aromatic heterocycles. The number of rotatable bonds is 4. The monoisotopic (exact) mass is 274 g/mol. The van der Waals surface area contributed by atoms with Crippen molar-refractivity contribution >= 4 is 12.9 Å². The van der Waals surface area contributed by atoms with Gasteiger partial charge in [0.05, 0.1) is 17.7 Å². The van der Waals surface area contributed by atoms with E-state index in [0.717, 1.165) is 0 Å². The van der Waals surface area contributed by atoms with Gasteiger partial charge in [0.15, 0.2) is 6.10 Å². The Kier molecular flexibility index (Phi) is 3.61. The van der Waals surface area contributed by atoms with Gasteiger partial charge in [-0.15, -0.1) is 0 Å². The summed E-state index contributed by atoms with van der Waals surface area (Å²) in [5, 5.41) is 11.6. The summed E-state index contributed by atoms with van der Waals surface area (Å²) in [6, 6.07) is 6.38. The van der Waals surface area contributed by atoms with Crippen LogP contribution in [0.25, 0.3) is 0 Å². The van der Waals surface area contributed by atoms with Crippen LogP contribution in [0.1, 0.15) is 31.0 Å². The van der Waals surface area contributed by atoms with Crippen molar-refractivity contribution in [3.63, 3.8) is 0 Å². The molecule has 0 spiro atoms. The number of amides is 1. The van der Waals surface area contributed by atoms with Crippen LogP contribution in [0.5, 0.6) is 5.75 Å². The molecule has 1 N–H and O–H groups in total. The number of hydrogen-bond donors (Lipinski definition) is 1. The highest BCUT2D eigenvalue weighted by atomic mass is 16.6. The first-order chi connectivity index (χ1) is 9.53. The van der Waals surface area contributed by atoms with Crippen LogP contribution in [0.15, 0.2) is 18.2 Å².